The zero-order chi connectivity index (χ0) is 14.4. The summed E-state index contributed by atoms with van der Waals surface area (Å²) >= 11 is 0. The minimum atomic E-state index is -0.270. The van der Waals surface area contributed by atoms with Crippen LogP contribution < -0.4 is 5.73 Å². The van der Waals surface area contributed by atoms with E-state index in [1.165, 1.54) is 19.3 Å². The molecule has 2 rings (SSSR count). The van der Waals surface area contributed by atoms with E-state index in [0.29, 0.717) is 32.8 Å². The first kappa shape index (κ1) is 15.7. The smallest absolute Gasteiger partial charge is 0.248 e. The van der Waals surface area contributed by atoms with Gasteiger partial charge in [-0.05, 0) is 31.6 Å². The van der Waals surface area contributed by atoms with Crippen LogP contribution in [0.1, 0.15) is 39.0 Å². The summed E-state index contributed by atoms with van der Waals surface area (Å²) in [6.45, 7) is 5.53. The van der Waals surface area contributed by atoms with Crippen molar-refractivity contribution in [2.75, 3.05) is 39.5 Å². The fourth-order valence-electron chi connectivity index (χ4n) is 3.14. The van der Waals surface area contributed by atoms with Crippen LogP contribution >= 0.6 is 0 Å². The third-order valence-electron chi connectivity index (χ3n) is 4.83. The van der Waals surface area contributed by atoms with Crippen molar-refractivity contribution in [3.05, 3.63) is 0 Å². The van der Waals surface area contributed by atoms with Crippen LogP contribution in [0, 0.1) is 5.92 Å². The molecule has 1 aliphatic heterocycles. The van der Waals surface area contributed by atoms with Crippen LogP contribution in [0.3, 0.4) is 0 Å². The van der Waals surface area contributed by atoms with Crippen LogP contribution in [0.2, 0.25) is 0 Å². The number of ether oxygens (including phenoxy) is 2. The number of rotatable bonds is 5. The Kier molecular flexibility index (Phi) is 5.81. The van der Waals surface area contributed by atoms with Gasteiger partial charge in [-0.15, -0.1) is 0 Å². The highest BCUT2D eigenvalue weighted by atomic mass is 16.5. The summed E-state index contributed by atoms with van der Waals surface area (Å²) in [5.41, 5.74) is 5.65. The number of nitrogens with two attached hydrogens (primary N) is 1. The molecule has 1 amide bonds. The van der Waals surface area contributed by atoms with Crippen molar-refractivity contribution in [1.82, 2.24) is 4.90 Å². The molecule has 5 heteroatoms. The first-order chi connectivity index (χ1) is 9.69. The van der Waals surface area contributed by atoms with Gasteiger partial charge in [0.05, 0.1) is 18.8 Å². The van der Waals surface area contributed by atoms with Gasteiger partial charge in [-0.25, -0.2) is 0 Å². The van der Waals surface area contributed by atoms with Gasteiger partial charge in [-0.2, -0.15) is 0 Å². The summed E-state index contributed by atoms with van der Waals surface area (Å²) < 4.78 is 11.2. The maximum Gasteiger partial charge on any atom is 0.248 e. The topological polar surface area (TPSA) is 64.8 Å². The average Bonchev–Trinajstić information content (AvgIpc) is 2.54. The number of hydrogen-bond donors (Lipinski definition) is 1. The molecule has 0 atom stereocenters. The summed E-state index contributed by atoms with van der Waals surface area (Å²) in [7, 11) is 0. The first-order valence-electron chi connectivity index (χ1n) is 7.88. The normalized spacial score (nSPS) is 31.3. The Bertz CT molecular complexity index is 308. The van der Waals surface area contributed by atoms with Gasteiger partial charge in [0.1, 0.15) is 6.61 Å². The van der Waals surface area contributed by atoms with Crippen LogP contribution in [-0.4, -0.2) is 55.9 Å². The maximum absolute atomic E-state index is 12.1. The summed E-state index contributed by atoms with van der Waals surface area (Å²) in [6, 6.07) is 0. The third-order valence-corrected chi connectivity index (χ3v) is 4.83. The molecule has 0 aromatic rings. The van der Waals surface area contributed by atoms with Crippen molar-refractivity contribution < 1.29 is 14.3 Å². The van der Waals surface area contributed by atoms with E-state index < -0.39 is 0 Å². The van der Waals surface area contributed by atoms with Crippen LogP contribution in [0.4, 0.5) is 0 Å². The quantitative estimate of drug-likeness (QED) is 0.823. The second-order valence-electron chi connectivity index (χ2n) is 6.02. The second-order valence-corrected chi connectivity index (χ2v) is 6.02. The molecule has 1 heterocycles. The lowest BCUT2D eigenvalue weighted by atomic mass is 9.77. The van der Waals surface area contributed by atoms with E-state index in [-0.39, 0.29) is 18.1 Å². The van der Waals surface area contributed by atoms with Crippen LogP contribution in [0.25, 0.3) is 0 Å². The van der Waals surface area contributed by atoms with Gasteiger partial charge in [-0.3, -0.25) is 4.79 Å². The molecule has 0 aromatic carbocycles. The van der Waals surface area contributed by atoms with E-state index in [9.17, 15) is 4.79 Å². The molecule has 116 valence electrons. The average molecular weight is 284 g/mol. The van der Waals surface area contributed by atoms with Crippen molar-refractivity contribution in [3.63, 3.8) is 0 Å². The second kappa shape index (κ2) is 7.38. The standard InChI is InChI=1S/C15H28N2O3/c1-2-13-3-5-15(12-16,6-4-13)20-11-14(18)17-7-9-19-10-8-17/h13H,2-12,16H2,1H3. The fraction of sp³-hybridized carbons (Fsp3) is 0.933. The zero-order valence-corrected chi connectivity index (χ0v) is 12.6. The third kappa shape index (κ3) is 3.93. The predicted octanol–water partition coefficient (Wildman–Crippen LogP) is 1.16. The first-order valence-corrected chi connectivity index (χ1v) is 7.88. The van der Waals surface area contributed by atoms with Gasteiger partial charge in [0.15, 0.2) is 0 Å². The molecule has 2 fully saturated rings. The molecule has 2 aliphatic rings. The lowest BCUT2D eigenvalue weighted by molar-refractivity contribution is -0.149. The molecule has 0 spiro atoms. The molecule has 0 radical (unpaired) electrons. The van der Waals surface area contributed by atoms with Gasteiger partial charge in [-0.1, -0.05) is 13.3 Å². The van der Waals surface area contributed by atoms with Crippen molar-refractivity contribution in [2.24, 2.45) is 11.7 Å². The van der Waals surface area contributed by atoms with E-state index in [1.54, 1.807) is 0 Å². The molecule has 1 aliphatic carbocycles. The van der Waals surface area contributed by atoms with Crippen molar-refractivity contribution in [2.45, 2.75) is 44.6 Å². The SMILES string of the molecule is CCC1CCC(CN)(OCC(=O)N2CCOCC2)CC1. The highest BCUT2D eigenvalue weighted by Gasteiger charge is 2.35. The Balaban J connectivity index is 1.79. The van der Waals surface area contributed by atoms with Gasteiger partial charge in [0.2, 0.25) is 5.91 Å². The van der Waals surface area contributed by atoms with E-state index >= 15 is 0 Å². The molecule has 1 saturated carbocycles. The molecule has 0 bridgehead atoms. The Morgan fingerprint density at radius 2 is 2.00 bits per heavy atom. The Labute approximate surface area is 121 Å². The molecule has 2 N–H and O–H groups in total. The lowest BCUT2D eigenvalue weighted by Gasteiger charge is -2.39. The predicted molar refractivity (Wildman–Crippen MR) is 77.4 cm³/mol. The summed E-state index contributed by atoms with van der Waals surface area (Å²) in [4.78, 5) is 13.9. The minimum Gasteiger partial charge on any atom is -0.378 e. The van der Waals surface area contributed by atoms with Gasteiger partial charge >= 0.3 is 0 Å². The maximum atomic E-state index is 12.1. The number of carbonyl (C=O) groups is 1. The number of morpholine rings is 1. The molecular weight excluding hydrogens is 256 g/mol. The minimum absolute atomic E-state index is 0.0683. The molecular formula is C15H28N2O3. The van der Waals surface area contributed by atoms with Crippen LogP contribution in [0.5, 0.6) is 0 Å². The summed E-state index contributed by atoms with van der Waals surface area (Å²) in [5.74, 6) is 0.868. The highest BCUT2D eigenvalue weighted by molar-refractivity contribution is 5.77. The Morgan fingerprint density at radius 1 is 1.35 bits per heavy atom. The molecule has 5 nitrogen and oxygen atoms in total. The van der Waals surface area contributed by atoms with Crippen molar-refractivity contribution in [3.8, 4) is 0 Å². The molecule has 20 heavy (non-hydrogen) atoms. The van der Waals surface area contributed by atoms with Gasteiger partial charge in [0.25, 0.3) is 0 Å². The summed E-state index contributed by atoms with van der Waals surface area (Å²) in [6.07, 6.45) is 5.53. The number of carbonyl (C=O) groups excluding carboxylic acids is 1. The Morgan fingerprint density at radius 3 is 2.55 bits per heavy atom. The van der Waals surface area contributed by atoms with Gasteiger partial charge in [0, 0.05) is 19.6 Å². The number of amides is 1. The van der Waals surface area contributed by atoms with Crippen LogP contribution in [0.15, 0.2) is 0 Å². The zero-order valence-electron chi connectivity index (χ0n) is 12.6. The van der Waals surface area contributed by atoms with E-state index in [1.807, 2.05) is 4.90 Å². The Hall–Kier alpha value is -0.650. The van der Waals surface area contributed by atoms with Crippen LogP contribution in [-0.2, 0) is 14.3 Å². The van der Waals surface area contributed by atoms with Crippen molar-refractivity contribution in [1.29, 1.82) is 0 Å². The van der Waals surface area contributed by atoms with Gasteiger partial charge < -0.3 is 20.1 Å². The molecule has 0 unspecified atom stereocenters. The monoisotopic (exact) mass is 284 g/mol. The largest absolute Gasteiger partial charge is 0.378 e. The van der Waals surface area contributed by atoms with E-state index in [2.05, 4.69) is 6.92 Å². The molecule has 1 saturated heterocycles. The lowest BCUT2D eigenvalue weighted by Crippen LogP contribution is -2.48. The highest BCUT2D eigenvalue weighted by Crippen LogP contribution is 2.35. The molecule has 0 aromatic heterocycles. The number of nitrogens with zero attached hydrogens (tertiary/aromatic N) is 1. The fourth-order valence-corrected chi connectivity index (χ4v) is 3.14. The van der Waals surface area contributed by atoms with Crippen molar-refractivity contribution >= 4 is 5.91 Å². The number of hydrogen-bond acceptors (Lipinski definition) is 4. The van der Waals surface area contributed by atoms with E-state index in [0.717, 1.165) is 18.8 Å². The summed E-state index contributed by atoms with van der Waals surface area (Å²) in [5, 5.41) is 0. The van der Waals surface area contributed by atoms with E-state index in [4.69, 9.17) is 15.2 Å².